The zero-order valence-corrected chi connectivity index (χ0v) is 13.4. The number of aromatic nitrogens is 1. The van der Waals surface area contributed by atoms with Gasteiger partial charge in [0.25, 0.3) is 0 Å². The first kappa shape index (κ1) is 16.9. The van der Waals surface area contributed by atoms with Crippen molar-refractivity contribution in [3.63, 3.8) is 0 Å². The molecule has 0 fully saturated rings. The van der Waals surface area contributed by atoms with Crippen LogP contribution in [0.15, 0.2) is 36.4 Å². The van der Waals surface area contributed by atoms with E-state index in [1.807, 2.05) is 0 Å². The third-order valence-corrected chi connectivity index (χ3v) is 3.95. The van der Waals surface area contributed by atoms with E-state index in [1.54, 1.807) is 12.1 Å². The number of H-pyrrole nitrogens is 1. The van der Waals surface area contributed by atoms with Gasteiger partial charge in [-0.2, -0.15) is 0 Å². The van der Waals surface area contributed by atoms with Crippen molar-refractivity contribution >= 4 is 16.9 Å². The first-order valence-electron chi connectivity index (χ1n) is 7.70. The first-order valence-corrected chi connectivity index (χ1v) is 7.70. The highest BCUT2D eigenvalue weighted by Crippen LogP contribution is 2.32. The molecule has 0 aliphatic rings. The number of aromatic amines is 1. The molecule has 7 heteroatoms. The quantitative estimate of drug-likeness (QED) is 0.662. The van der Waals surface area contributed by atoms with E-state index in [0.717, 1.165) is 6.07 Å². The molecule has 4 nitrogen and oxygen atoms in total. The Labute approximate surface area is 142 Å². The van der Waals surface area contributed by atoms with Crippen molar-refractivity contribution < 1.29 is 18.0 Å². The normalized spacial score (nSPS) is 10.9. The van der Waals surface area contributed by atoms with E-state index in [9.17, 15) is 18.0 Å². The summed E-state index contributed by atoms with van der Waals surface area (Å²) in [6.45, 7) is 0.277. The summed E-state index contributed by atoms with van der Waals surface area (Å²) in [5.74, 6) is -1.78. The fourth-order valence-electron chi connectivity index (χ4n) is 2.79. The molecule has 2 aromatic carbocycles. The van der Waals surface area contributed by atoms with Gasteiger partial charge in [-0.1, -0.05) is 0 Å². The zero-order chi connectivity index (χ0) is 18.0. The molecule has 0 aliphatic heterocycles. The second-order valence-electron chi connectivity index (χ2n) is 5.55. The highest BCUT2D eigenvalue weighted by atomic mass is 19.1. The summed E-state index contributed by atoms with van der Waals surface area (Å²) in [7, 11) is 1.50. The minimum atomic E-state index is -0.705. The molecule has 0 saturated carbocycles. The summed E-state index contributed by atoms with van der Waals surface area (Å²) in [5, 5.41) is 5.47. The number of urea groups is 1. The smallest absolute Gasteiger partial charge is 0.314 e. The Hall–Kier alpha value is -2.96. The van der Waals surface area contributed by atoms with Crippen LogP contribution in [0.5, 0.6) is 0 Å². The van der Waals surface area contributed by atoms with Crippen LogP contribution in [-0.2, 0) is 6.42 Å². The molecular weight excluding hydrogens is 331 g/mol. The molecule has 3 rings (SSSR count). The first-order chi connectivity index (χ1) is 12.0. The Bertz CT molecular complexity index is 919. The van der Waals surface area contributed by atoms with Gasteiger partial charge in [-0.25, -0.2) is 18.0 Å². The Morgan fingerprint density at radius 2 is 1.80 bits per heavy atom. The Morgan fingerprint density at radius 3 is 2.48 bits per heavy atom. The van der Waals surface area contributed by atoms with Gasteiger partial charge >= 0.3 is 6.03 Å². The average molecular weight is 347 g/mol. The van der Waals surface area contributed by atoms with Crippen LogP contribution in [0.2, 0.25) is 0 Å². The number of rotatable bonds is 4. The molecule has 0 unspecified atom stereocenters. The number of halogens is 3. The SMILES string of the molecule is CNC(=O)NCCc1c(-c2ccc(F)cc2)[nH]c2c(F)cc(F)cc12. The molecule has 1 heterocycles. The molecule has 130 valence electrons. The maximum absolute atomic E-state index is 14.1. The molecule has 1 aromatic heterocycles. The molecule has 0 bridgehead atoms. The molecule has 25 heavy (non-hydrogen) atoms. The number of hydrogen-bond donors (Lipinski definition) is 3. The van der Waals surface area contributed by atoms with E-state index in [-0.39, 0.29) is 23.9 Å². The molecule has 0 aliphatic carbocycles. The molecule has 0 atom stereocenters. The zero-order valence-electron chi connectivity index (χ0n) is 13.4. The fraction of sp³-hybridized carbons (Fsp3) is 0.167. The van der Waals surface area contributed by atoms with E-state index in [2.05, 4.69) is 15.6 Å². The lowest BCUT2D eigenvalue weighted by atomic mass is 10.0. The van der Waals surface area contributed by atoms with Crippen LogP contribution in [0.3, 0.4) is 0 Å². The van der Waals surface area contributed by atoms with Crippen LogP contribution in [0, 0.1) is 17.5 Å². The van der Waals surface area contributed by atoms with Crippen LogP contribution >= 0.6 is 0 Å². The molecule has 0 saturated heterocycles. The number of amides is 2. The van der Waals surface area contributed by atoms with Crippen molar-refractivity contribution in [1.29, 1.82) is 0 Å². The topological polar surface area (TPSA) is 56.9 Å². The predicted octanol–water partition coefficient (Wildman–Crippen LogP) is 3.72. The van der Waals surface area contributed by atoms with E-state index < -0.39 is 11.6 Å². The lowest BCUT2D eigenvalue weighted by molar-refractivity contribution is 0.243. The minimum Gasteiger partial charge on any atom is -0.352 e. The number of fused-ring (bicyclic) bond motifs is 1. The highest BCUT2D eigenvalue weighted by Gasteiger charge is 2.17. The molecule has 0 radical (unpaired) electrons. The number of benzene rings is 2. The summed E-state index contributed by atoms with van der Waals surface area (Å²) in [6, 6.07) is 7.42. The second kappa shape index (κ2) is 6.88. The number of carbonyl (C=O) groups is 1. The van der Waals surface area contributed by atoms with Crippen LogP contribution in [-0.4, -0.2) is 24.6 Å². The van der Waals surface area contributed by atoms with Crippen molar-refractivity contribution in [3.8, 4) is 11.3 Å². The van der Waals surface area contributed by atoms with Gasteiger partial charge in [0.2, 0.25) is 0 Å². The monoisotopic (exact) mass is 347 g/mol. The van der Waals surface area contributed by atoms with Gasteiger partial charge in [-0.3, -0.25) is 0 Å². The van der Waals surface area contributed by atoms with E-state index in [1.165, 1.54) is 25.2 Å². The Balaban J connectivity index is 2.07. The van der Waals surface area contributed by atoms with Crippen LogP contribution < -0.4 is 10.6 Å². The fourth-order valence-corrected chi connectivity index (χ4v) is 2.79. The maximum Gasteiger partial charge on any atom is 0.314 e. The van der Waals surface area contributed by atoms with Crippen molar-refractivity contribution in [3.05, 3.63) is 59.4 Å². The van der Waals surface area contributed by atoms with Gasteiger partial charge in [0.1, 0.15) is 17.5 Å². The summed E-state index contributed by atoms with van der Waals surface area (Å²) < 4.78 is 41.0. The summed E-state index contributed by atoms with van der Waals surface area (Å²) in [6.07, 6.45) is 0.350. The largest absolute Gasteiger partial charge is 0.352 e. The third kappa shape index (κ3) is 3.45. The van der Waals surface area contributed by atoms with Crippen molar-refractivity contribution in [2.24, 2.45) is 0 Å². The highest BCUT2D eigenvalue weighted by molar-refractivity contribution is 5.91. The van der Waals surface area contributed by atoms with Gasteiger partial charge in [-0.05, 0) is 47.9 Å². The van der Waals surface area contributed by atoms with Crippen LogP contribution in [0.4, 0.5) is 18.0 Å². The van der Waals surface area contributed by atoms with E-state index in [0.29, 0.717) is 28.6 Å². The molecule has 2 amide bonds. The van der Waals surface area contributed by atoms with E-state index in [4.69, 9.17) is 0 Å². The lowest BCUT2D eigenvalue weighted by Gasteiger charge is -2.07. The van der Waals surface area contributed by atoms with Gasteiger partial charge < -0.3 is 15.6 Å². The number of hydrogen-bond acceptors (Lipinski definition) is 1. The second-order valence-corrected chi connectivity index (χ2v) is 5.55. The van der Waals surface area contributed by atoms with Gasteiger partial charge in [-0.15, -0.1) is 0 Å². The van der Waals surface area contributed by atoms with Crippen LogP contribution in [0.1, 0.15) is 5.56 Å². The van der Waals surface area contributed by atoms with Crippen LogP contribution in [0.25, 0.3) is 22.2 Å². The summed E-state index contributed by atoms with van der Waals surface area (Å²) >= 11 is 0. The van der Waals surface area contributed by atoms with Gasteiger partial charge in [0.15, 0.2) is 0 Å². The molecular formula is C18H16F3N3O. The van der Waals surface area contributed by atoms with E-state index >= 15 is 0 Å². The Morgan fingerprint density at radius 1 is 1.08 bits per heavy atom. The van der Waals surface area contributed by atoms with Crippen molar-refractivity contribution in [1.82, 2.24) is 15.6 Å². The summed E-state index contributed by atoms with van der Waals surface area (Å²) in [5.41, 5.74) is 2.04. The predicted molar refractivity (Wildman–Crippen MR) is 89.8 cm³/mol. The average Bonchev–Trinajstić information content (AvgIpc) is 2.94. The molecule has 3 N–H and O–H groups in total. The standard InChI is InChI=1S/C18H16F3N3O/c1-22-18(25)23-7-6-13-14-8-12(20)9-15(21)17(14)24-16(13)10-2-4-11(19)5-3-10/h2-5,8-9,24H,6-7H2,1H3,(H2,22,23,25). The van der Waals surface area contributed by atoms with Crippen molar-refractivity contribution in [2.75, 3.05) is 13.6 Å². The molecule has 0 spiro atoms. The number of carbonyl (C=O) groups excluding carboxylic acids is 1. The van der Waals surface area contributed by atoms with Crippen molar-refractivity contribution in [2.45, 2.75) is 6.42 Å². The maximum atomic E-state index is 14.1. The number of nitrogens with one attached hydrogen (secondary N) is 3. The minimum absolute atomic E-state index is 0.177. The van der Waals surface area contributed by atoms with Gasteiger partial charge in [0, 0.05) is 30.7 Å². The Kier molecular flexibility index (Phi) is 4.65. The molecule has 3 aromatic rings. The lowest BCUT2D eigenvalue weighted by Crippen LogP contribution is -2.34. The van der Waals surface area contributed by atoms with Gasteiger partial charge in [0.05, 0.1) is 5.52 Å². The third-order valence-electron chi connectivity index (χ3n) is 3.95. The summed E-state index contributed by atoms with van der Waals surface area (Å²) in [4.78, 5) is 14.3.